The van der Waals surface area contributed by atoms with Crippen molar-refractivity contribution in [3.63, 3.8) is 0 Å². The first kappa shape index (κ1) is 14.7. The third-order valence-electron chi connectivity index (χ3n) is 2.65. The van der Waals surface area contributed by atoms with Gasteiger partial charge in [-0.2, -0.15) is 0 Å². The van der Waals surface area contributed by atoms with Gasteiger partial charge < -0.3 is 10.1 Å². The van der Waals surface area contributed by atoms with Crippen LogP contribution in [0.3, 0.4) is 0 Å². The van der Waals surface area contributed by atoms with Crippen molar-refractivity contribution in [2.45, 2.75) is 13.3 Å². The predicted molar refractivity (Wildman–Crippen MR) is 84.0 cm³/mol. The largest absolute Gasteiger partial charge is 0.382 e. The van der Waals surface area contributed by atoms with Gasteiger partial charge in [-0.3, -0.25) is 10.4 Å². The zero-order valence-electron chi connectivity index (χ0n) is 11.4. The Kier molecular flexibility index (Phi) is 5.72. The molecule has 2 rings (SSSR count). The fourth-order valence-electron chi connectivity index (χ4n) is 1.69. The van der Waals surface area contributed by atoms with E-state index in [1.807, 2.05) is 30.6 Å². The SMILES string of the molecule is CCOCCCN=C(NN)Nc1ccc2ncsc2c1. The molecule has 0 saturated heterocycles. The smallest absolute Gasteiger partial charge is 0.210 e. The van der Waals surface area contributed by atoms with Gasteiger partial charge in [-0.05, 0) is 31.5 Å². The van der Waals surface area contributed by atoms with E-state index in [1.54, 1.807) is 11.3 Å². The van der Waals surface area contributed by atoms with Crippen LogP contribution in [0.2, 0.25) is 0 Å². The molecule has 1 heterocycles. The molecule has 20 heavy (non-hydrogen) atoms. The van der Waals surface area contributed by atoms with Gasteiger partial charge in [0, 0.05) is 25.4 Å². The molecule has 1 aromatic heterocycles. The molecule has 4 N–H and O–H groups in total. The number of nitrogens with two attached hydrogens (primary N) is 1. The molecule has 2 aromatic rings. The summed E-state index contributed by atoms with van der Waals surface area (Å²) in [5.74, 6) is 6.02. The number of hydrazine groups is 1. The molecule has 0 atom stereocenters. The summed E-state index contributed by atoms with van der Waals surface area (Å²) in [6.45, 7) is 4.09. The molecule has 0 aliphatic heterocycles. The lowest BCUT2D eigenvalue weighted by Gasteiger charge is -2.09. The van der Waals surface area contributed by atoms with Gasteiger partial charge in [0.1, 0.15) is 0 Å². The highest BCUT2D eigenvalue weighted by Gasteiger charge is 2.01. The number of nitrogens with one attached hydrogen (secondary N) is 2. The fourth-order valence-corrected chi connectivity index (χ4v) is 2.41. The lowest BCUT2D eigenvalue weighted by molar-refractivity contribution is 0.146. The fraction of sp³-hybridized carbons (Fsp3) is 0.385. The molecular weight excluding hydrogens is 274 g/mol. The van der Waals surface area contributed by atoms with E-state index in [0.29, 0.717) is 19.1 Å². The van der Waals surface area contributed by atoms with Crippen molar-refractivity contribution in [3.05, 3.63) is 23.7 Å². The van der Waals surface area contributed by atoms with Crippen LogP contribution in [0.15, 0.2) is 28.7 Å². The Hall–Kier alpha value is -1.70. The van der Waals surface area contributed by atoms with E-state index in [2.05, 4.69) is 20.7 Å². The van der Waals surface area contributed by atoms with Crippen LogP contribution in [0.25, 0.3) is 10.2 Å². The zero-order chi connectivity index (χ0) is 14.2. The number of aromatic nitrogens is 1. The Morgan fingerprint density at radius 2 is 2.40 bits per heavy atom. The average Bonchev–Trinajstić information content (AvgIpc) is 2.93. The van der Waals surface area contributed by atoms with E-state index >= 15 is 0 Å². The van der Waals surface area contributed by atoms with Gasteiger partial charge in [-0.1, -0.05) is 0 Å². The van der Waals surface area contributed by atoms with Crippen LogP contribution in [0.1, 0.15) is 13.3 Å². The van der Waals surface area contributed by atoms with Crippen molar-refractivity contribution >= 4 is 33.2 Å². The molecule has 0 spiro atoms. The standard InChI is InChI=1S/C13H19N5OS/c1-2-19-7-3-6-15-13(18-14)17-10-4-5-11-12(8-10)20-9-16-11/h4-5,8-9H,2-3,6-7,14H2,1H3,(H2,15,17,18). The van der Waals surface area contributed by atoms with E-state index in [1.165, 1.54) is 0 Å². The Labute approximate surface area is 122 Å². The summed E-state index contributed by atoms with van der Waals surface area (Å²) < 4.78 is 6.39. The van der Waals surface area contributed by atoms with Gasteiger partial charge in [0.25, 0.3) is 0 Å². The molecular formula is C13H19N5OS. The van der Waals surface area contributed by atoms with Crippen LogP contribution in [-0.2, 0) is 4.74 Å². The van der Waals surface area contributed by atoms with Gasteiger partial charge in [0.15, 0.2) is 0 Å². The monoisotopic (exact) mass is 293 g/mol. The van der Waals surface area contributed by atoms with Crippen LogP contribution in [-0.4, -0.2) is 30.7 Å². The maximum absolute atomic E-state index is 5.47. The maximum Gasteiger partial charge on any atom is 0.210 e. The molecule has 0 aliphatic rings. The van der Waals surface area contributed by atoms with Gasteiger partial charge in [0.2, 0.25) is 5.96 Å². The summed E-state index contributed by atoms with van der Waals surface area (Å²) in [4.78, 5) is 8.60. The van der Waals surface area contributed by atoms with Gasteiger partial charge >= 0.3 is 0 Å². The summed E-state index contributed by atoms with van der Waals surface area (Å²) in [5, 5.41) is 3.15. The number of hydrogen-bond acceptors (Lipinski definition) is 5. The third-order valence-corrected chi connectivity index (χ3v) is 3.44. The molecule has 0 radical (unpaired) electrons. The van der Waals surface area contributed by atoms with Crippen molar-refractivity contribution in [1.29, 1.82) is 0 Å². The number of ether oxygens (including phenoxy) is 1. The second kappa shape index (κ2) is 7.78. The van der Waals surface area contributed by atoms with Crippen LogP contribution in [0.4, 0.5) is 5.69 Å². The molecule has 0 bridgehead atoms. The van der Waals surface area contributed by atoms with Gasteiger partial charge in [-0.25, -0.2) is 10.8 Å². The zero-order valence-corrected chi connectivity index (χ0v) is 12.2. The summed E-state index contributed by atoms with van der Waals surface area (Å²) in [6.07, 6.45) is 0.870. The number of anilines is 1. The summed E-state index contributed by atoms with van der Waals surface area (Å²) in [5.41, 5.74) is 6.33. The predicted octanol–water partition coefficient (Wildman–Crippen LogP) is 1.95. The second-order valence-electron chi connectivity index (χ2n) is 4.09. The van der Waals surface area contributed by atoms with Crippen LogP contribution >= 0.6 is 11.3 Å². The highest BCUT2D eigenvalue weighted by atomic mass is 32.1. The molecule has 0 aliphatic carbocycles. The number of guanidine groups is 1. The topological polar surface area (TPSA) is 84.6 Å². The van der Waals surface area contributed by atoms with E-state index in [0.717, 1.165) is 28.9 Å². The van der Waals surface area contributed by atoms with Crippen LogP contribution in [0, 0.1) is 0 Å². The molecule has 108 valence electrons. The molecule has 7 heteroatoms. The number of rotatable bonds is 6. The van der Waals surface area contributed by atoms with Crippen molar-refractivity contribution in [3.8, 4) is 0 Å². The number of nitrogens with zero attached hydrogens (tertiary/aromatic N) is 2. The summed E-state index contributed by atoms with van der Waals surface area (Å²) in [7, 11) is 0. The first-order valence-corrected chi connectivity index (χ1v) is 7.40. The Balaban J connectivity index is 1.92. The van der Waals surface area contributed by atoms with Crippen LogP contribution < -0.4 is 16.6 Å². The molecule has 1 aromatic carbocycles. The first-order chi connectivity index (χ1) is 9.83. The minimum absolute atomic E-state index is 0.547. The lowest BCUT2D eigenvalue weighted by Crippen LogP contribution is -2.36. The van der Waals surface area contributed by atoms with E-state index in [-0.39, 0.29) is 0 Å². The number of benzene rings is 1. The van der Waals surface area contributed by atoms with E-state index < -0.39 is 0 Å². The minimum Gasteiger partial charge on any atom is -0.382 e. The van der Waals surface area contributed by atoms with Crippen molar-refractivity contribution in [2.75, 3.05) is 25.1 Å². The number of aliphatic imine (C=N–C) groups is 1. The maximum atomic E-state index is 5.47. The van der Waals surface area contributed by atoms with Crippen molar-refractivity contribution < 1.29 is 4.74 Å². The van der Waals surface area contributed by atoms with Crippen LogP contribution in [0.5, 0.6) is 0 Å². The average molecular weight is 293 g/mol. The Bertz CT molecular complexity index is 569. The number of fused-ring (bicyclic) bond motifs is 1. The highest BCUT2D eigenvalue weighted by molar-refractivity contribution is 7.16. The molecule has 0 saturated carbocycles. The lowest BCUT2D eigenvalue weighted by atomic mass is 10.3. The Morgan fingerprint density at radius 3 is 3.20 bits per heavy atom. The second-order valence-corrected chi connectivity index (χ2v) is 4.97. The summed E-state index contributed by atoms with van der Waals surface area (Å²) in [6, 6.07) is 5.95. The normalized spacial score (nSPS) is 11.8. The van der Waals surface area contributed by atoms with E-state index in [9.17, 15) is 0 Å². The van der Waals surface area contributed by atoms with Gasteiger partial charge in [-0.15, -0.1) is 11.3 Å². The van der Waals surface area contributed by atoms with Gasteiger partial charge in [0.05, 0.1) is 15.7 Å². The highest BCUT2D eigenvalue weighted by Crippen LogP contribution is 2.21. The third kappa shape index (κ3) is 4.16. The van der Waals surface area contributed by atoms with Crippen molar-refractivity contribution in [2.24, 2.45) is 10.8 Å². The number of thiazole rings is 1. The quantitative estimate of drug-likeness (QED) is 0.249. The first-order valence-electron chi connectivity index (χ1n) is 6.52. The molecule has 6 nitrogen and oxygen atoms in total. The minimum atomic E-state index is 0.547. The molecule has 0 unspecified atom stereocenters. The van der Waals surface area contributed by atoms with Crippen molar-refractivity contribution in [1.82, 2.24) is 10.4 Å². The molecule has 0 fully saturated rings. The summed E-state index contributed by atoms with van der Waals surface area (Å²) >= 11 is 1.60. The van der Waals surface area contributed by atoms with E-state index in [4.69, 9.17) is 10.6 Å². The Morgan fingerprint density at radius 1 is 1.50 bits per heavy atom. The number of hydrogen-bond donors (Lipinski definition) is 3. The molecule has 0 amide bonds.